The minimum Gasteiger partial charge on any atom is -0.357 e. The molecule has 1 N–H and O–H groups in total. The summed E-state index contributed by atoms with van der Waals surface area (Å²) in [4.78, 5) is 27.1. The van der Waals surface area contributed by atoms with E-state index in [1.54, 1.807) is 30.1 Å². The number of benzene rings is 2. The molecule has 1 atom stereocenters. The zero-order valence-corrected chi connectivity index (χ0v) is 17.3. The van der Waals surface area contributed by atoms with Crippen molar-refractivity contribution < 1.29 is 9.59 Å². The second kappa shape index (κ2) is 9.77. The van der Waals surface area contributed by atoms with Crippen LogP contribution in [0.25, 0.3) is 0 Å². The molecule has 144 valence electrons. The second-order valence-corrected chi connectivity index (χ2v) is 7.23. The first kappa shape index (κ1) is 21.3. The Kier molecular flexibility index (Phi) is 7.69. The van der Waals surface area contributed by atoms with Gasteiger partial charge in [0.25, 0.3) is 0 Å². The van der Waals surface area contributed by atoms with E-state index >= 15 is 0 Å². The van der Waals surface area contributed by atoms with E-state index in [0.29, 0.717) is 23.0 Å². The molecule has 0 saturated carbocycles. The summed E-state index contributed by atoms with van der Waals surface area (Å²) in [5, 5.41) is 3.51. The molecule has 2 amide bonds. The van der Waals surface area contributed by atoms with E-state index in [0.717, 1.165) is 16.7 Å². The smallest absolute Gasteiger partial charge is 0.242 e. The molecule has 0 fully saturated rings. The Bertz CT molecular complexity index is 824. The third-order valence-electron chi connectivity index (χ3n) is 4.57. The molecule has 1 unspecified atom stereocenters. The topological polar surface area (TPSA) is 49.4 Å². The fraction of sp³-hybridized carbons (Fsp3) is 0.333. The Balaban J connectivity index is 2.32. The van der Waals surface area contributed by atoms with Gasteiger partial charge in [0.05, 0.1) is 16.5 Å². The predicted molar refractivity (Wildman–Crippen MR) is 110 cm³/mol. The van der Waals surface area contributed by atoms with Crippen LogP contribution in [0.15, 0.2) is 42.5 Å². The van der Waals surface area contributed by atoms with Crippen LogP contribution >= 0.6 is 23.2 Å². The lowest BCUT2D eigenvalue weighted by Crippen LogP contribution is -2.48. The van der Waals surface area contributed by atoms with Gasteiger partial charge in [0.2, 0.25) is 11.8 Å². The molecule has 0 aliphatic carbocycles. The lowest BCUT2D eigenvalue weighted by molar-refractivity contribution is -0.140. The van der Waals surface area contributed by atoms with Gasteiger partial charge in [0.15, 0.2) is 0 Å². The highest BCUT2D eigenvalue weighted by molar-refractivity contribution is 6.42. The molecule has 0 aliphatic rings. The van der Waals surface area contributed by atoms with E-state index in [1.165, 1.54) is 0 Å². The van der Waals surface area contributed by atoms with Crippen LogP contribution in [0.5, 0.6) is 0 Å². The first-order valence-electron chi connectivity index (χ1n) is 8.86. The molecule has 2 rings (SSSR count). The van der Waals surface area contributed by atoms with Gasteiger partial charge in [-0.15, -0.1) is 0 Å². The van der Waals surface area contributed by atoms with Crippen molar-refractivity contribution in [1.82, 2.24) is 10.2 Å². The largest absolute Gasteiger partial charge is 0.357 e. The van der Waals surface area contributed by atoms with Crippen LogP contribution in [-0.2, 0) is 22.6 Å². The maximum atomic E-state index is 13.1. The molecule has 0 bridgehead atoms. The Hall–Kier alpha value is -2.04. The number of carbonyl (C=O) groups excluding carboxylic acids is 2. The molecule has 2 aromatic rings. The highest BCUT2D eigenvalue weighted by atomic mass is 35.5. The van der Waals surface area contributed by atoms with Crippen LogP contribution in [0.4, 0.5) is 0 Å². The number of nitrogens with one attached hydrogen (secondary N) is 1. The summed E-state index contributed by atoms with van der Waals surface area (Å²) < 4.78 is 0. The third-order valence-corrected chi connectivity index (χ3v) is 5.31. The van der Waals surface area contributed by atoms with E-state index in [1.807, 2.05) is 38.1 Å². The Morgan fingerprint density at radius 3 is 2.41 bits per heavy atom. The zero-order chi connectivity index (χ0) is 20.0. The molecule has 0 aromatic heterocycles. The second-order valence-electron chi connectivity index (χ2n) is 6.41. The average molecular weight is 407 g/mol. The van der Waals surface area contributed by atoms with Crippen LogP contribution in [0.3, 0.4) is 0 Å². The van der Waals surface area contributed by atoms with Crippen LogP contribution in [-0.4, -0.2) is 29.8 Å². The zero-order valence-electron chi connectivity index (χ0n) is 15.8. The van der Waals surface area contributed by atoms with Crippen molar-refractivity contribution in [1.29, 1.82) is 0 Å². The number of aryl methyl sites for hydroxylation is 1. The van der Waals surface area contributed by atoms with Gasteiger partial charge in [0, 0.05) is 13.6 Å². The standard InChI is InChI=1S/C21H24Cl2N2O2/c1-4-19(21(27)24-3)25(13-16-8-6-5-7-14(16)2)20(26)12-15-9-10-17(22)18(23)11-15/h5-11,19H,4,12-13H2,1-3H3,(H,24,27). The molecule has 4 nitrogen and oxygen atoms in total. The maximum absolute atomic E-state index is 13.1. The van der Waals surface area contributed by atoms with Gasteiger partial charge in [-0.3, -0.25) is 9.59 Å². The monoisotopic (exact) mass is 406 g/mol. The molecule has 0 saturated heterocycles. The molecular formula is C21H24Cl2N2O2. The number of halogens is 2. The highest BCUT2D eigenvalue weighted by Gasteiger charge is 2.28. The molecule has 6 heteroatoms. The highest BCUT2D eigenvalue weighted by Crippen LogP contribution is 2.24. The summed E-state index contributed by atoms with van der Waals surface area (Å²) in [5.74, 6) is -0.305. The molecule has 0 spiro atoms. The van der Waals surface area contributed by atoms with E-state index < -0.39 is 6.04 Å². The lowest BCUT2D eigenvalue weighted by atomic mass is 10.0. The number of carbonyl (C=O) groups is 2. The first-order valence-corrected chi connectivity index (χ1v) is 9.62. The number of amides is 2. The Labute approximate surface area is 170 Å². The van der Waals surface area contributed by atoms with E-state index in [9.17, 15) is 9.59 Å². The molecule has 27 heavy (non-hydrogen) atoms. The van der Waals surface area contributed by atoms with Crippen molar-refractivity contribution in [2.24, 2.45) is 0 Å². The fourth-order valence-corrected chi connectivity index (χ4v) is 3.30. The fourth-order valence-electron chi connectivity index (χ4n) is 2.98. The van der Waals surface area contributed by atoms with Gasteiger partial charge in [-0.2, -0.15) is 0 Å². The predicted octanol–water partition coefficient (Wildman–Crippen LogP) is 4.40. The van der Waals surface area contributed by atoms with Crippen LogP contribution in [0.1, 0.15) is 30.0 Å². The molecule has 2 aromatic carbocycles. The maximum Gasteiger partial charge on any atom is 0.242 e. The molecule has 0 aliphatic heterocycles. The SMILES string of the molecule is CCC(C(=O)NC)N(Cc1ccccc1C)C(=O)Cc1ccc(Cl)c(Cl)c1. The Morgan fingerprint density at radius 1 is 1.11 bits per heavy atom. The van der Waals surface area contributed by atoms with Gasteiger partial charge in [-0.05, 0) is 42.2 Å². The van der Waals surface area contributed by atoms with Crippen molar-refractivity contribution >= 4 is 35.0 Å². The summed E-state index contributed by atoms with van der Waals surface area (Å²) in [6.07, 6.45) is 0.676. The number of hydrogen-bond acceptors (Lipinski definition) is 2. The number of likely N-dealkylation sites (N-methyl/N-ethyl adjacent to an activating group) is 1. The summed E-state index contributed by atoms with van der Waals surface area (Å²) in [6, 6.07) is 12.5. The van der Waals surface area contributed by atoms with Crippen molar-refractivity contribution in [3.05, 3.63) is 69.2 Å². The number of nitrogens with zero attached hydrogens (tertiary/aromatic N) is 1. The van der Waals surface area contributed by atoms with Crippen molar-refractivity contribution in [3.63, 3.8) is 0 Å². The van der Waals surface area contributed by atoms with E-state index in [-0.39, 0.29) is 18.2 Å². The van der Waals surface area contributed by atoms with Crippen LogP contribution in [0, 0.1) is 6.92 Å². The van der Waals surface area contributed by atoms with Crippen LogP contribution in [0.2, 0.25) is 10.0 Å². The summed E-state index contributed by atoms with van der Waals surface area (Å²) in [7, 11) is 1.58. The lowest BCUT2D eigenvalue weighted by Gasteiger charge is -2.31. The van der Waals surface area contributed by atoms with Gasteiger partial charge in [0.1, 0.15) is 6.04 Å². The number of hydrogen-bond donors (Lipinski definition) is 1. The molecular weight excluding hydrogens is 383 g/mol. The quantitative estimate of drug-likeness (QED) is 0.740. The van der Waals surface area contributed by atoms with Crippen molar-refractivity contribution in [2.75, 3.05) is 7.05 Å². The van der Waals surface area contributed by atoms with Gasteiger partial charge in [-0.25, -0.2) is 0 Å². The Morgan fingerprint density at radius 2 is 1.81 bits per heavy atom. The molecule has 0 heterocycles. The van der Waals surface area contributed by atoms with E-state index in [4.69, 9.17) is 23.2 Å². The minimum absolute atomic E-state index is 0.132. The normalized spacial score (nSPS) is 11.7. The number of rotatable bonds is 7. The van der Waals surface area contributed by atoms with Crippen molar-refractivity contribution in [3.8, 4) is 0 Å². The van der Waals surface area contributed by atoms with Crippen LogP contribution < -0.4 is 5.32 Å². The van der Waals surface area contributed by atoms with E-state index in [2.05, 4.69) is 5.32 Å². The molecule has 0 radical (unpaired) electrons. The van der Waals surface area contributed by atoms with Gasteiger partial charge >= 0.3 is 0 Å². The first-order chi connectivity index (χ1) is 12.9. The average Bonchev–Trinajstić information content (AvgIpc) is 2.65. The van der Waals surface area contributed by atoms with Crippen molar-refractivity contribution in [2.45, 2.75) is 39.3 Å². The third kappa shape index (κ3) is 5.47. The van der Waals surface area contributed by atoms with Gasteiger partial charge in [-0.1, -0.05) is 60.5 Å². The summed E-state index contributed by atoms with van der Waals surface area (Å²) >= 11 is 12.0. The summed E-state index contributed by atoms with van der Waals surface area (Å²) in [6.45, 7) is 4.27. The minimum atomic E-state index is -0.537. The van der Waals surface area contributed by atoms with Gasteiger partial charge < -0.3 is 10.2 Å². The summed E-state index contributed by atoms with van der Waals surface area (Å²) in [5.41, 5.74) is 2.86.